The van der Waals surface area contributed by atoms with Crippen LogP contribution in [0.2, 0.25) is 0 Å². The Labute approximate surface area is 153 Å². The first-order chi connectivity index (χ1) is 12.2. The number of nitrogens with zero attached hydrogens (tertiary/aromatic N) is 1. The maximum atomic E-state index is 12.9. The van der Waals surface area contributed by atoms with Crippen molar-refractivity contribution in [2.75, 3.05) is 19.9 Å². The van der Waals surface area contributed by atoms with Crippen molar-refractivity contribution in [3.8, 4) is 0 Å². The number of carbonyl (C=O) groups excluding carboxylic acids is 2. The minimum Gasteiger partial charge on any atom is -0.468 e. The minimum atomic E-state index is -3.44. The SMILES string of the molecule is COC(=O)CN(Cc1ccccc1C)C(=O)c1cccc(S(C)(=O)=O)c1. The van der Waals surface area contributed by atoms with E-state index in [2.05, 4.69) is 4.74 Å². The van der Waals surface area contributed by atoms with Gasteiger partial charge in [-0.25, -0.2) is 8.42 Å². The number of hydrogen-bond donors (Lipinski definition) is 0. The number of sulfone groups is 1. The quantitative estimate of drug-likeness (QED) is 0.723. The molecule has 138 valence electrons. The van der Waals surface area contributed by atoms with Crippen LogP contribution in [-0.4, -0.2) is 45.1 Å². The number of ether oxygens (including phenoxy) is 1. The number of esters is 1. The smallest absolute Gasteiger partial charge is 0.325 e. The normalized spacial score (nSPS) is 11.0. The average Bonchev–Trinajstić information content (AvgIpc) is 2.61. The number of hydrogen-bond acceptors (Lipinski definition) is 5. The fraction of sp³-hybridized carbons (Fsp3) is 0.263. The summed E-state index contributed by atoms with van der Waals surface area (Å²) in [5, 5.41) is 0. The zero-order valence-corrected chi connectivity index (χ0v) is 15.7. The highest BCUT2D eigenvalue weighted by atomic mass is 32.2. The lowest BCUT2D eigenvalue weighted by molar-refractivity contribution is -0.141. The Bertz CT molecular complexity index is 921. The summed E-state index contributed by atoms with van der Waals surface area (Å²) >= 11 is 0. The van der Waals surface area contributed by atoms with Crippen molar-refractivity contribution >= 4 is 21.7 Å². The number of carbonyl (C=O) groups is 2. The van der Waals surface area contributed by atoms with Gasteiger partial charge in [-0.15, -0.1) is 0 Å². The number of amides is 1. The third-order valence-electron chi connectivity index (χ3n) is 3.97. The molecule has 0 aliphatic carbocycles. The highest BCUT2D eigenvalue weighted by Crippen LogP contribution is 2.16. The zero-order chi connectivity index (χ0) is 19.3. The van der Waals surface area contributed by atoms with Crippen LogP contribution in [0.25, 0.3) is 0 Å². The molecule has 0 saturated heterocycles. The van der Waals surface area contributed by atoms with E-state index in [1.54, 1.807) is 0 Å². The van der Waals surface area contributed by atoms with E-state index in [4.69, 9.17) is 0 Å². The molecule has 0 radical (unpaired) electrons. The van der Waals surface area contributed by atoms with Crippen LogP contribution in [0.4, 0.5) is 0 Å². The lowest BCUT2D eigenvalue weighted by Crippen LogP contribution is -2.36. The summed E-state index contributed by atoms with van der Waals surface area (Å²) in [4.78, 5) is 26.1. The third-order valence-corrected chi connectivity index (χ3v) is 5.08. The van der Waals surface area contributed by atoms with Crippen molar-refractivity contribution in [1.29, 1.82) is 0 Å². The summed E-state index contributed by atoms with van der Waals surface area (Å²) in [5.74, 6) is -0.990. The Morgan fingerprint density at radius 2 is 1.77 bits per heavy atom. The van der Waals surface area contributed by atoms with Crippen LogP contribution in [0.3, 0.4) is 0 Å². The highest BCUT2D eigenvalue weighted by molar-refractivity contribution is 7.90. The molecule has 0 heterocycles. The average molecular weight is 375 g/mol. The van der Waals surface area contributed by atoms with Crippen molar-refractivity contribution in [3.63, 3.8) is 0 Å². The summed E-state index contributed by atoms with van der Waals surface area (Å²) in [6, 6.07) is 13.3. The molecule has 1 amide bonds. The van der Waals surface area contributed by atoms with Crippen molar-refractivity contribution < 1.29 is 22.7 Å². The molecule has 0 N–H and O–H groups in total. The van der Waals surface area contributed by atoms with E-state index in [1.165, 1.54) is 36.3 Å². The molecular formula is C19H21NO5S. The zero-order valence-electron chi connectivity index (χ0n) is 14.9. The van der Waals surface area contributed by atoms with Crippen LogP contribution < -0.4 is 0 Å². The van der Waals surface area contributed by atoms with Crippen LogP contribution in [0.15, 0.2) is 53.4 Å². The van der Waals surface area contributed by atoms with E-state index in [9.17, 15) is 18.0 Å². The predicted octanol–water partition coefficient (Wildman–Crippen LogP) is 2.21. The predicted molar refractivity (Wildman–Crippen MR) is 97.5 cm³/mol. The molecule has 2 rings (SSSR count). The number of aryl methyl sites for hydroxylation is 1. The second-order valence-electron chi connectivity index (χ2n) is 5.96. The first-order valence-corrected chi connectivity index (χ1v) is 9.82. The Morgan fingerprint density at radius 3 is 2.38 bits per heavy atom. The van der Waals surface area contributed by atoms with E-state index in [1.807, 2.05) is 31.2 Å². The topological polar surface area (TPSA) is 80.8 Å². The fourth-order valence-corrected chi connectivity index (χ4v) is 3.12. The van der Waals surface area contributed by atoms with Gasteiger partial charge in [-0.2, -0.15) is 0 Å². The van der Waals surface area contributed by atoms with Gasteiger partial charge < -0.3 is 9.64 Å². The van der Waals surface area contributed by atoms with Gasteiger partial charge in [-0.1, -0.05) is 30.3 Å². The van der Waals surface area contributed by atoms with E-state index < -0.39 is 21.7 Å². The Morgan fingerprint density at radius 1 is 1.08 bits per heavy atom. The maximum absolute atomic E-state index is 12.9. The molecule has 0 aliphatic heterocycles. The maximum Gasteiger partial charge on any atom is 0.325 e. The van der Waals surface area contributed by atoms with Crippen LogP contribution >= 0.6 is 0 Å². The Balaban J connectivity index is 2.37. The number of methoxy groups -OCH3 is 1. The van der Waals surface area contributed by atoms with E-state index >= 15 is 0 Å². The molecule has 0 spiro atoms. The molecule has 0 fully saturated rings. The van der Waals surface area contributed by atoms with Crippen molar-refractivity contribution in [3.05, 3.63) is 65.2 Å². The molecule has 0 aliphatic rings. The van der Waals surface area contributed by atoms with Gasteiger partial charge in [0.1, 0.15) is 6.54 Å². The van der Waals surface area contributed by atoms with Gasteiger partial charge in [0.15, 0.2) is 9.84 Å². The number of rotatable bonds is 6. The van der Waals surface area contributed by atoms with Gasteiger partial charge in [-0.05, 0) is 36.2 Å². The lowest BCUT2D eigenvalue weighted by Gasteiger charge is -2.23. The van der Waals surface area contributed by atoms with Gasteiger partial charge in [0.2, 0.25) is 0 Å². The second kappa shape index (κ2) is 8.14. The van der Waals surface area contributed by atoms with Crippen LogP contribution in [0.5, 0.6) is 0 Å². The summed E-state index contributed by atoms with van der Waals surface area (Å²) in [6.45, 7) is 1.90. The molecule has 2 aromatic carbocycles. The fourth-order valence-electron chi connectivity index (χ4n) is 2.46. The second-order valence-corrected chi connectivity index (χ2v) is 7.98. The molecule has 7 heteroatoms. The Kier molecular flexibility index (Phi) is 6.15. The highest BCUT2D eigenvalue weighted by Gasteiger charge is 2.21. The summed E-state index contributed by atoms with van der Waals surface area (Å²) in [5.41, 5.74) is 2.08. The molecule has 26 heavy (non-hydrogen) atoms. The number of benzene rings is 2. The van der Waals surface area contributed by atoms with Gasteiger partial charge in [-0.3, -0.25) is 9.59 Å². The monoisotopic (exact) mass is 375 g/mol. The third kappa shape index (κ3) is 4.92. The Hall–Kier alpha value is -2.67. The van der Waals surface area contributed by atoms with E-state index in [0.29, 0.717) is 0 Å². The van der Waals surface area contributed by atoms with Crippen LogP contribution in [-0.2, 0) is 25.9 Å². The van der Waals surface area contributed by atoms with E-state index in [-0.39, 0.29) is 23.5 Å². The van der Waals surface area contributed by atoms with Gasteiger partial charge in [0.25, 0.3) is 5.91 Å². The minimum absolute atomic E-state index is 0.0530. The summed E-state index contributed by atoms with van der Waals surface area (Å²) < 4.78 is 28.2. The van der Waals surface area contributed by atoms with Crippen molar-refractivity contribution in [2.24, 2.45) is 0 Å². The first kappa shape index (κ1) is 19.7. The molecule has 6 nitrogen and oxygen atoms in total. The molecule has 0 aromatic heterocycles. The van der Waals surface area contributed by atoms with E-state index in [0.717, 1.165) is 17.4 Å². The lowest BCUT2D eigenvalue weighted by atomic mass is 10.1. The summed E-state index contributed by atoms with van der Waals surface area (Å²) in [7, 11) is -2.19. The van der Waals surface area contributed by atoms with Crippen LogP contribution in [0.1, 0.15) is 21.5 Å². The van der Waals surface area contributed by atoms with Crippen molar-refractivity contribution in [2.45, 2.75) is 18.4 Å². The van der Waals surface area contributed by atoms with Crippen molar-refractivity contribution in [1.82, 2.24) is 4.90 Å². The van der Waals surface area contributed by atoms with Gasteiger partial charge in [0.05, 0.1) is 12.0 Å². The summed E-state index contributed by atoms with van der Waals surface area (Å²) in [6.07, 6.45) is 1.08. The van der Waals surface area contributed by atoms with Gasteiger partial charge >= 0.3 is 5.97 Å². The molecule has 0 atom stereocenters. The van der Waals surface area contributed by atoms with Gasteiger partial charge in [0, 0.05) is 18.4 Å². The largest absolute Gasteiger partial charge is 0.468 e. The molecule has 0 bridgehead atoms. The molecule has 2 aromatic rings. The molecule has 0 unspecified atom stereocenters. The molecular weight excluding hydrogens is 354 g/mol. The standard InChI is InChI=1S/C19H21NO5S/c1-14-7-4-5-8-16(14)12-20(13-18(21)25-2)19(22)15-9-6-10-17(11-15)26(3,23)24/h4-11H,12-13H2,1-3H3. The van der Waals surface area contributed by atoms with Crippen LogP contribution in [0, 0.1) is 6.92 Å². The first-order valence-electron chi connectivity index (χ1n) is 7.93. The molecule has 0 saturated carbocycles.